The third-order valence-electron chi connectivity index (χ3n) is 4.64. The van der Waals surface area contributed by atoms with Crippen LogP contribution in [-0.4, -0.2) is 38.7 Å². The highest BCUT2D eigenvalue weighted by Crippen LogP contribution is 2.32. The van der Waals surface area contributed by atoms with Crippen LogP contribution in [0, 0.1) is 0 Å². The van der Waals surface area contributed by atoms with Crippen molar-refractivity contribution in [1.29, 1.82) is 0 Å². The predicted molar refractivity (Wildman–Crippen MR) is 107 cm³/mol. The summed E-state index contributed by atoms with van der Waals surface area (Å²) in [5, 5.41) is 0.0191. The Morgan fingerprint density at radius 1 is 1.21 bits per heavy atom. The van der Waals surface area contributed by atoms with E-state index in [4.69, 9.17) is 16.3 Å². The Morgan fingerprint density at radius 3 is 2.57 bits per heavy atom. The molecule has 0 aromatic heterocycles. The molecule has 0 N–H and O–H groups in total. The fraction of sp³-hybridized carbons (Fsp3) is 0.300. The molecule has 0 bridgehead atoms. The van der Waals surface area contributed by atoms with E-state index < -0.39 is 21.9 Å². The quantitative estimate of drug-likeness (QED) is 0.708. The van der Waals surface area contributed by atoms with Crippen LogP contribution in [0.3, 0.4) is 0 Å². The van der Waals surface area contributed by atoms with Crippen LogP contribution >= 0.6 is 11.6 Å². The number of nitrogens with zero attached hydrogens (tertiary/aromatic N) is 1. The summed E-state index contributed by atoms with van der Waals surface area (Å²) in [6, 6.07) is 11.4. The Hall–Kier alpha value is -2.38. The van der Waals surface area contributed by atoms with Gasteiger partial charge >= 0.3 is 5.97 Å². The van der Waals surface area contributed by atoms with Crippen LogP contribution in [0.5, 0.6) is 0 Å². The first-order valence-electron chi connectivity index (χ1n) is 8.71. The lowest BCUT2D eigenvalue weighted by Crippen LogP contribution is -2.43. The SMILES string of the molecule is C[C@H](OC(=O)c1ccc(Cl)c(S(C)(=O)=O)c1)C(=O)N1c2ccccc2C[C@@H]1C. The second kappa shape index (κ2) is 7.56. The van der Waals surface area contributed by atoms with Gasteiger partial charge < -0.3 is 9.64 Å². The third kappa shape index (κ3) is 3.91. The van der Waals surface area contributed by atoms with Gasteiger partial charge in [0, 0.05) is 18.0 Å². The zero-order chi connectivity index (χ0) is 20.6. The van der Waals surface area contributed by atoms with Crippen molar-refractivity contribution in [2.45, 2.75) is 37.3 Å². The number of anilines is 1. The van der Waals surface area contributed by atoms with Crippen LogP contribution in [-0.2, 0) is 25.8 Å². The molecule has 148 valence electrons. The number of benzene rings is 2. The summed E-state index contributed by atoms with van der Waals surface area (Å²) in [4.78, 5) is 26.8. The first-order chi connectivity index (χ1) is 13.1. The Bertz CT molecular complexity index is 1050. The van der Waals surface area contributed by atoms with Gasteiger partial charge in [-0.15, -0.1) is 0 Å². The van der Waals surface area contributed by atoms with Gasteiger partial charge in [0.25, 0.3) is 5.91 Å². The van der Waals surface area contributed by atoms with Gasteiger partial charge in [0.05, 0.1) is 15.5 Å². The van der Waals surface area contributed by atoms with Crippen molar-refractivity contribution in [2.24, 2.45) is 0 Å². The second-order valence-corrected chi connectivity index (χ2v) is 9.25. The van der Waals surface area contributed by atoms with E-state index >= 15 is 0 Å². The average molecular weight is 422 g/mol. The van der Waals surface area contributed by atoms with E-state index in [0.29, 0.717) is 0 Å². The van der Waals surface area contributed by atoms with Crippen LogP contribution in [0.25, 0.3) is 0 Å². The average Bonchev–Trinajstić information content (AvgIpc) is 2.95. The molecular formula is C20H20ClNO5S. The largest absolute Gasteiger partial charge is 0.449 e. The molecule has 0 aliphatic carbocycles. The summed E-state index contributed by atoms with van der Waals surface area (Å²) in [6.45, 7) is 3.44. The number of sulfone groups is 1. The Labute approximate surface area is 169 Å². The molecule has 2 aromatic rings. The van der Waals surface area contributed by atoms with Gasteiger partial charge in [0.15, 0.2) is 15.9 Å². The maximum absolute atomic E-state index is 12.9. The molecule has 0 fully saturated rings. The summed E-state index contributed by atoms with van der Waals surface area (Å²) in [6.07, 6.45) is 0.706. The summed E-state index contributed by atoms with van der Waals surface area (Å²) in [5.41, 5.74) is 1.89. The molecule has 2 atom stereocenters. The molecule has 1 aliphatic heterocycles. The van der Waals surface area contributed by atoms with Crippen molar-refractivity contribution in [3.05, 3.63) is 58.6 Å². The smallest absolute Gasteiger partial charge is 0.338 e. The number of rotatable bonds is 4. The number of carbonyl (C=O) groups excluding carboxylic acids is 2. The zero-order valence-corrected chi connectivity index (χ0v) is 17.3. The second-order valence-electron chi connectivity index (χ2n) is 6.86. The standard InChI is InChI=1S/C20H20ClNO5S/c1-12-10-14-6-4-5-7-17(14)22(12)19(23)13(2)27-20(24)15-8-9-16(21)18(11-15)28(3,25)26/h4-9,11-13H,10H2,1-3H3/t12-,13-/m0/s1. The minimum Gasteiger partial charge on any atom is -0.449 e. The molecule has 8 heteroatoms. The van der Waals surface area contributed by atoms with Gasteiger partial charge in [-0.25, -0.2) is 13.2 Å². The molecule has 1 aliphatic rings. The fourth-order valence-corrected chi connectivity index (χ4v) is 4.59. The normalized spacial score (nSPS) is 17.1. The monoisotopic (exact) mass is 421 g/mol. The number of hydrogen-bond donors (Lipinski definition) is 0. The number of esters is 1. The number of amides is 1. The lowest BCUT2D eigenvalue weighted by Gasteiger charge is -2.26. The van der Waals surface area contributed by atoms with Gasteiger partial charge in [-0.2, -0.15) is 0 Å². The lowest BCUT2D eigenvalue weighted by molar-refractivity contribution is -0.126. The summed E-state index contributed by atoms with van der Waals surface area (Å²) >= 11 is 5.90. The molecule has 0 spiro atoms. The van der Waals surface area contributed by atoms with Crippen molar-refractivity contribution < 1.29 is 22.7 Å². The highest BCUT2D eigenvalue weighted by atomic mass is 35.5. The number of carbonyl (C=O) groups is 2. The van der Waals surface area contributed by atoms with Crippen LogP contribution in [0.15, 0.2) is 47.4 Å². The van der Waals surface area contributed by atoms with Crippen LogP contribution in [0.2, 0.25) is 5.02 Å². The maximum atomic E-state index is 12.9. The van der Waals surface area contributed by atoms with Crippen molar-refractivity contribution in [3.8, 4) is 0 Å². The Morgan fingerprint density at radius 2 is 1.89 bits per heavy atom. The molecule has 28 heavy (non-hydrogen) atoms. The Balaban J connectivity index is 1.79. The minimum absolute atomic E-state index is 0.0133. The van der Waals surface area contributed by atoms with E-state index in [9.17, 15) is 18.0 Å². The van der Waals surface area contributed by atoms with Crippen molar-refractivity contribution >= 4 is 39.0 Å². The molecular weight excluding hydrogens is 402 g/mol. The maximum Gasteiger partial charge on any atom is 0.338 e. The van der Waals surface area contributed by atoms with Gasteiger partial charge in [-0.1, -0.05) is 29.8 Å². The summed E-state index contributed by atoms with van der Waals surface area (Å²) < 4.78 is 28.9. The van der Waals surface area contributed by atoms with Crippen molar-refractivity contribution in [2.75, 3.05) is 11.2 Å². The Kier molecular flexibility index (Phi) is 5.50. The summed E-state index contributed by atoms with van der Waals surface area (Å²) in [5.74, 6) is -1.12. The molecule has 2 aromatic carbocycles. The number of ether oxygens (including phenoxy) is 1. The van der Waals surface area contributed by atoms with Crippen LogP contribution < -0.4 is 4.90 Å². The molecule has 0 saturated heterocycles. The van der Waals surface area contributed by atoms with Gasteiger partial charge in [-0.05, 0) is 50.1 Å². The first-order valence-corrected chi connectivity index (χ1v) is 11.0. The van der Waals surface area contributed by atoms with Crippen molar-refractivity contribution in [1.82, 2.24) is 0 Å². The number of para-hydroxylation sites is 1. The van der Waals surface area contributed by atoms with Crippen LogP contribution in [0.4, 0.5) is 5.69 Å². The topological polar surface area (TPSA) is 80.8 Å². The molecule has 1 amide bonds. The van der Waals surface area contributed by atoms with E-state index in [2.05, 4.69) is 0 Å². The fourth-order valence-electron chi connectivity index (χ4n) is 3.29. The highest BCUT2D eigenvalue weighted by molar-refractivity contribution is 7.90. The molecule has 0 saturated carbocycles. The van der Waals surface area contributed by atoms with E-state index in [1.165, 1.54) is 19.1 Å². The van der Waals surface area contributed by atoms with Crippen LogP contribution in [0.1, 0.15) is 29.8 Å². The molecule has 0 radical (unpaired) electrons. The minimum atomic E-state index is -3.60. The van der Waals surface area contributed by atoms with Gasteiger partial charge in [-0.3, -0.25) is 4.79 Å². The molecule has 3 rings (SSSR count). The van der Waals surface area contributed by atoms with E-state index in [1.54, 1.807) is 4.90 Å². The molecule has 1 heterocycles. The highest BCUT2D eigenvalue weighted by Gasteiger charge is 2.34. The van der Waals surface area contributed by atoms with Crippen molar-refractivity contribution in [3.63, 3.8) is 0 Å². The van der Waals surface area contributed by atoms with E-state index in [-0.39, 0.29) is 27.4 Å². The number of halogens is 1. The third-order valence-corrected chi connectivity index (χ3v) is 6.22. The molecule has 0 unspecified atom stereocenters. The summed E-state index contributed by atoms with van der Waals surface area (Å²) in [7, 11) is -3.60. The zero-order valence-electron chi connectivity index (χ0n) is 15.7. The van der Waals surface area contributed by atoms with Gasteiger partial charge in [0.1, 0.15) is 0 Å². The van der Waals surface area contributed by atoms with Gasteiger partial charge in [0.2, 0.25) is 0 Å². The number of fused-ring (bicyclic) bond motifs is 1. The predicted octanol–water partition coefficient (Wildman–Crippen LogP) is 3.27. The van der Waals surface area contributed by atoms with E-state index in [1.807, 2.05) is 31.2 Å². The molecule has 6 nitrogen and oxygen atoms in total. The number of hydrogen-bond acceptors (Lipinski definition) is 5. The van der Waals surface area contributed by atoms with E-state index in [0.717, 1.165) is 30.0 Å². The lowest BCUT2D eigenvalue weighted by atomic mass is 10.1. The first kappa shape index (κ1) is 20.4.